The fourth-order valence-corrected chi connectivity index (χ4v) is 5.19. The van der Waals surface area contributed by atoms with Crippen LogP contribution in [0, 0.1) is 6.92 Å². The predicted molar refractivity (Wildman–Crippen MR) is 117 cm³/mol. The second-order valence-corrected chi connectivity index (χ2v) is 9.77. The molecule has 1 N–H and O–H groups in total. The van der Waals surface area contributed by atoms with Crippen LogP contribution in [-0.4, -0.2) is 44.5 Å². The van der Waals surface area contributed by atoms with Gasteiger partial charge in [0.15, 0.2) is 0 Å². The van der Waals surface area contributed by atoms with Gasteiger partial charge in [0.2, 0.25) is 11.8 Å². The molecule has 1 unspecified atom stereocenters. The first-order valence-electron chi connectivity index (χ1n) is 10.9. The van der Waals surface area contributed by atoms with Crippen LogP contribution in [0.25, 0.3) is 11.0 Å². The number of fused-ring (bicyclic) bond motifs is 1. The Morgan fingerprint density at radius 3 is 2.30 bits per heavy atom. The van der Waals surface area contributed by atoms with Crippen molar-refractivity contribution in [2.75, 3.05) is 13.1 Å². The molecule has 1 aromatic carbocycles. The summed E-state index contributed by atoms with van der Waals surface area (Å²) in [5, 5.41) is 2.38. The number of hydrogen-bond acceptors (Lipinski definition) is 4. The lowest BCUT2D eigenvalue weighted by Crippen LogP contribution is -2.45. The fraction of sp³-hybridized carbons (Fsp3) is 0.609. The van der Waals surface area contributed by atoms with Gasteiger partial charge in [0.05, 0.1) is 11.0 Å². The van der Waals surface area contributed by atoms with E-state index >= 15 is 0 Å². The number of aryl methyl sites for hydroxylation is 2. The zero-order valence-electron chi connectivity index (χ0n) is 18.6. The molecule has 0 aliphatic carbocycles. The van der Waals surface area contributed by atoms with Crippen LogP contribution < -0.4 is 11.0 Å². The number of imide groups is 1. The third-order valence-corrected chi connectivity index (χ3v) is 6.88. The Kier molecular flexibility index (Phi) is 5.12. The van der Waals surface area contributed by atoms with Crippen molar-refractivity contribution in [3.05, 3.63) is 33.7 Å². The first kappa shape index (κ1) is 20.8. The number of likely N-dealkylation sites (tertiary alicyclic amines) is 1. The second-order valence-electron chi connectivity index (χ2n) is 9.77. The molecule has 30 heavy (non-hydrogen) atoms. The maximum absolute atomic E-state index is 13.2. The Balaban J connectivity index is 1.78. The molecule has 2 aliphatic rings. The number of amides is 2. The van der Waals surface area contributed by atoms with Crippen molar-refractivity contribution in [3.8, 4) is 0 Å². The Morgan fingerprint density at radius 1 is 1.03 bits per heavy atom. The third kappa shape index (κ3) is 3.39. The van der Waals surface area contributed by atoms with Crippen molar-refractivity contribution < 1.29 is 9.59 Å². The lowest BCUT2D eigenvalue weighted by atomic mass is 9.84. The molecule has 2 fully saturated rings. The number of benzene rings is 1. The fourth-order valence-electron chi connectivity index (χ4n) is 5.19. The van der Waals surface area contributed by atoms with Crippen LogP contribution in [0.15, 0.2) is 16.9 Å². The van der Waals surface area contributed by atoms with Crippen molar-refractivity contribution in [2.45, 2.75) is 70.9 Å². The smallest absolute Gasteiger partial charge is 0.298 e. The topological polar surface area (TPSA) is 76.3 Å². The summed E-state index contributed by atoms with van der Waals surface area (Å²) >= 11 is 0. The Hall–Kier alpha value is -2.41. The molecule has 4 rings (SSSR count). The van der Waals surface area contributed by atoms with Gasteiger partial charge in [0, 0.05) is 19.0 Å². The van der Waals surface area contributed by atoms with Crippen LogP contribution in [0.3, 0.4) is 0 Å². The van der Waals surface area contributed by atoms with E-state index in [9.17, 15) is 14.4 Å². The molecule has 162 valence electrons. The summed E-state index contributed by atoms with van der Waals surface area (Å²) in [5.41, 5.74) is 4.10. The van der Waals surface area contributed by atoms with E-state index in [0.29, 0.717) is 12.3 Å². The molecule has 2 amide bonds. The van der Waals surface area contributed by atoms with Crippen molar-refractivity contribution in [1.29, 1.82) is 0 Å². The molecule has 0 bridgehead atoms. The highest BCUT2D eigenvalue weighted by Crippen LogP contribution is 2.37. The number of carbonyl (C=O) groups is 2. The van der Waals surface area contributed by atoms with E-state index in [4.69, 9.17) is 0 Å². The number of carbonyl (C=O) groups excluding carboxylic acids is 2. The first-order valence-corrected chi connectivity index (χ1v) is 10.9. The van der Waals surface area contributed by atoms with Crippen LogP contribution in [-0.2, 0) is 16.6 Å². The van der Waals surface area contributed by atoms with Crippen molar-refractivity contribution in [3.63, 3.8) is 0 Å². The minimum Gasteiger partial charge on any atom is -0.298 e. The van der Waals surface area contributed by atoms with E-state index in [1.807, 2.05) is 6.07 Å². The van der Waals surface area contributed by atoms with Gasteiger partial charge in [-0.15, -0.1) is 0 Å². The zero-order valence-corrected chi connectivity index (χ0v) is 18.6. The maximum atomic E-state index is 13.2. The lowest BCUT2D eigenvalue weighted by molar-refractivity contribution is -0.135. The number of piperidine rings is 2. The standard InChI is InChI=1S/C23H32N4O3/c1-14-6-7-16-20(19(14)15-10-12-26(13-11-15)23(2,3)4)25(5)22(30)27(16)17-8-9-18(28)24-21(17)29/h6-7,15,17H,8-13H2,1-5H3,(H,24,28,29). The molecular formula is C23H32N4O3. The zero-order chi connectivity index (χ0) is 21.8. The summed E-state index contributed by atoms with van der Waals surface area (Å²) in [6.45, 7) is 10.9. The molecule has 1 aromatic heterocycles. The summed E-state index contributed by atoms with van der Waals surface area (Å²) in [7, 11) is 1.79. The van der Waals surface area contributed by atoms with Gasteiger partial charge >= 0.3 is 5.69 Å². The molecule has 0 saturated carbocycles. The molecule has 3 heterocycles. The van der Waals surface area contributed by atoms with Crippen LogP contribution in [0.5, 0.6) is 0 Å². The molecule has 2 aliphatic heterocycles. The third-order valence-electron chi connectivity index (χ3n) is 6.88. The lowest BCUT2D eigenvalue weighted by Gasteiger charge is -2.41. The monoisotopic (exact) mass is 412 g/mol. The number of aromatic nitrogens is 2. The summed E-state index contributed by atoms with van der Waals surface area (Å²) < 4.78 is 3.28. The van der Waals surface area contributed by atoms with Crippen LogP contribution >= 0.6 is 0 Å². The maximum Gasteiger partial charge on any atom is 0.329 e. The number of imidazole rings is 1. The quantitative estimate of drug-likeness (QED) is 0.770. The normalized spacial score (nSPS) is 22.0. The Bertz CT molecular complexity index is 1060. The van der Waals surface area contributed by atoms with Gasteiger partial charge < -0.3 is 0 Å². The molecular weight excluding hydrogens is 380 g/mol. The van der Waals surface area contributed by atoms with E-state index in [-0.39, 0.29) is 29.5 Å². The van der Waals surface area contributed by atoms with Crippen LogP contribution in [0.2, 0.25) is 0 Å². The van der Waals surface area contributed by atoms with Gasteiger partial charge in [0.25, 0.3) is 0 Å². The van der Waals surface area contributed by atoms with Crippen molar-refractivity contribution >= 4 is 22.8 Å². The van der Waals surface area contributed by atoms with E-state index in [0.717, 1.165) is 37.0 Å². The number of nitrogens with zero attached hydrogens (tertiary/aromatic N) is 3. The SMILES string of the molecule is Cc1ccc2c(c1C1CCN(C(C)(C)C)CC1)n(C)c(=O)n2C1CCC(=O)NC1=O. The molecule has 1 atom stereocenters. The molecule has 0 radical (unpaired) electrons. The van der Waals surface area contributed by atoms with Crippen LogP contribution in [0.1, 0.15) is 69.5 Å². The van der Waals surface area contributed by atoms with Crippen molar-refractivity contribution in [1.82, 2.24) is 19.4 Å². The molecule has 7 heteroatoms. The Morgan fingerprint density at radius 2 is 1.70 bits per heavy atom. The molecule has 2 aromatic rings. The predicted octanol–water partition coefficient (Wildman–Crippen LogP) is 2.60. The van der Waals surface area contributed by atoms with E-state index in [1.165, 1.54) is 11.1 Å². The average Bonchev–Trinajstić information content (AvgIpc) is 2.92. The summed E-state index contributed by atoms with van der Waals surface area (Å²) in [6.07, 6.45) is 2.71. The van der Waals surface area contributed by atoms with E-state index in [2.05, 4.69) is 44.0 Å². The molecule has 2 saturated heterocycles. The summed E-state index contributed by atoms with van der Waals surface area (Å²) in [6, 6.07) is 3.37. The van der Waals surface area contributed by atoms with Gasteiger partial charge in [-0.1, -0.05) is 6.07 Å². The summed E-state index contributed by atoms with van der Waals surface area (Å²) in [5.74, 6) is -0.274. The van der Waals surface area contributed by atoms with Gasteiger partial charge in [-0.3, -0.25) is 28.9 Å². The average molecular weight is 413 g/mol. The molecule has 7 nitrogen and oxygen atoms in total. The Labute approximate surface area is 177 Å². The first-order chi connectivity index (χ1) is 14.1. The highest BCUT2D eigenvalue weighted by Gasteiger charge is 2.34. The number of nitrogens with one attached hydrogen (secondary N) is 1. The highest BCUT2D eigenvalue weighted by atomic mass is 16.2. The largest absolute Gasteiger partial charge is 0.329 e. The minimum atomic E-state index is -0.641. The van der Waals surface area contributed by atoms with Crippen LogP contribution in [0.4, 0.5) is 0 Å². The van der Waals surface area contributed by atoms with Gasteiger partial charge in [-0.25, -0.2) is 4.79 Å². The minimum absolute atomic E-state index is 0.161. The van der Waals surface area contributed by atoms with Gasteiger partial charge in [0.1, 0.15) is 6.04 Å². The van der Waals surface area contributed by atoms with Gasteiger partial charge in [-0.05, 0) is 83.2 Å². The van der Waals surface area contributed by atoms with E-state index in [1.54, 1.807) is 16.2 Å². The summed E-state index contributed by atoms with van der Waals surface area (Å²) in [4.78, 5) is 39.8. The van der Waals surface area contributed by atoms with Crippen molar-refractivity contribution in [2.24, 2.45) is 7.05 Å². The highest BCUT2D eigenvalue weighted by molar-refractivity contribution is 6.00. The van der Waals surface area contributed by atoms with Gasteiger partial charge in [-0.2, -0.15) is 0 Å². The number of hydrogen-bond donors (Lipinski definition) is 1. The second kappa shape index (κ2) is 7.38. The van der Waals surface area contributed by atoms with E-state index < -0.39 is 6.04 Å². The molecule has 0 spiro atoms. The number of rotatable bonds is 2.